The van der Waals surface area contributed by atoms with E-state index >= 15 is 0 Å². The van der Waals surface area contributed by atoms with E-state index in [0.717, 1.165) is 10.6 Å². The number of hydrogen-bond donors (Lipinski definition) is 0. The molecule has 0 amide bonds. The molecule has 0 saturated heterocycles. The summed E-state index contributed by atoms with van der Waals surface area (Å²) >= 11 is 1.26. The van der Waals surface area contributed by atoms with Gasteiger partial charge in [0, 0.05) is 18.0 Å². The monoisotopic (exact) mass is 191 g/mol. The molecule has 0 aliphatic carbocycles. The minimum absolute atomic E-state index is 0.388. The van der Waals surface area contributed by atoms with Gasteiger partial charge in [-0.05, 0) is 12.1 Å². The van der Waals surface area contributed by atoms with Gasteiger partial charge in [0.2, 0.25) is 0 Å². The molecule has 2 rings (SSSR count). The summed E-state index contributed by atoms with van der Waals surface area (Å²) in [6, 6.07) is 3.69. The fourth-order valence-electron chi connectivity index (χ4n) is 0.888. The molecule has 0 spiro atoms. The van der Waals surface area contributed by atoms with Crippen LogP contribution in [0.4, 0.5) is 0 Å². The SMILES string of the molecule is O=Cc1nnc(-c2cccnc2)s1. The van der Waals surface area contributed by atoms with Crippen molar-refractivity contribution in [3.05, 3.63) is 29.5 Å². The highest BCUT2D eigenvalue weighted by atomic mass is 32.1. The van der Waals surface area contributed by atoms with Crippen molar-refractivity contribution in [3.8, 4) is 10.6 Å². The van der Waals surface area contributed by atoms with E-state index in [-0.39, 0.29) is 0 Å². The van der Waals surface area contributed by atoms with Gasteiger partial charge in [0.15, 0.2) is 11.3 Å². The lowest BCUT2D eigenvalue weighted by molar-refractivity contribution is 0.112. The first-order valence-corrected chi connectivity index (χ1v) is 4.41. The molecule has 0 saturated carbocycles. The van der Waals surface area contributed by atoms with Gasteiger partial charge >= 0.3 is 0 Å². The first-order chi connectivity index (χ1) is 6.40. The average Bonchev–Trinajstić information content (AvgIpc) is 2.67. The number of aromatic nitrogens is 3. The van der Waals surface area contributed by atoms with Gasteiger partial charge in [-0.25, -0.2) is 0 Å². The van der Waals surface area contributed by atoms with Crippen molar-refractivity contribution in [3.63, 3.8) is 0 Å². The van der Waals surface area contributed by atoms with E-state index in [9.17, 15) is 4.79 Å². The molecule has 0 aliphatic heterocycles. The van der Waals surface area contributed by atoms with Gasteiger partial charge in [-0.3, -0.25) is 9.78 Å². The van der Waals surface area contributed by atoms with Crippen LogP contribution in [0.1, 0.15) is 9.80 Å². The van der Waals surface area contributed by atoms with Crippen LogP contribution in [-0.2, 0) is 0 Å². The summed E-state index contributed by atoms with van der Waals surface area (Å²) in [4.78, 5) is 14.3. The van der Waals surface area contributed by atoms with Crippen LogP contribution in [0.2, 0.25) is 0 Å². The molecule has 2 aromatic rings. The summed E-state index contributed by atoms with van der Waals surface area (Å²) in [5.74, 6) is 0. The van der Waals surface area contributed by atoms with Crippen molar-refractivity contribution in [2.24, 2.45) is 0 Å². The van der Waals surface area contributed by atoms with Crippen LogP contribution >= 0.6 is 11.3 Å². The highest BCUT2D eigenvalue weighted by Crippen LogP contribution is 2.20. The molecule has 0 atom stereocenters. The number of carbonyl (C=O) groups is 1. The van der Waals surface area contributed by atoms with Gasteiger partial charge in [-0.2, -0.15) is 0 Å². The van der Waals surface area contributed by atoms with E-state index in [1.807, 2.05) is 12.1 Å². The first kappa shape index (κ1) is 8.00. The molecule has 0 aliphatic rings. The van der Waals surface area contributed by atoms with Crippen LogP contribution in [0.25, 0.3) is 10.6 Å². The van der Waals surface area contributed by atoms with Crippen LogP contribution in [0.15, 0.2) is 24.5 Å². The molecule has 64 valence electrons. The molecule has 0 bridgehead atoms. The minimum Gasteiger partial charge on any atom is -0.295 e. The summed E-state index contributed by atoms with van der Waals surface area (Å²) in [5, 5.41) is 8.64. The summed E-state index contributed by atoms with van der Waals surface area (Å²) in [6.45, 7) is 0. The number of pyridine rings is 1. The Kier molecular flexibility index (Phi) is 2.09. The topological polar surface area (TPSA) is 55.7 Å². The number of carbonyl (C=O) groups excluding carboxylic acids is 1. The van der Waals surface area contributed by atoms with Crippen molar-refractivity contribution >= 4 is 17.6 Å². The number of rotatable bonds is 2. The Balaban J connectivity index is 2.41. The summed E-state index contributed by atoms with van der Waals surface area (Å²) in [7, 11) is 0. The summed E-state index contributed by atoms with van der Waals surface area (Å²) in [5.41, 5.74) is 0.883. The van der Waals surface area contributed by atoms with Crippen molar-refractivity contribution in [2.45, 2.75) is 0 Å². The van der Waals surface area contributed by atoms with Crippen molar-refractivity contribution in [1.82, 2.24) is 15.2 Å². The third-order valence-corrected chi connectivity index (χ3v) is 2.35. The molecular weight excluding hydrogens is 186 g/mol. The van der Waals surface area contributed by atoms with Gasteiger partial charge in [0.1, 0.15) is 5.01 Å². The number of nitrogens with zero attached hydrogens (tertiary/aromatic N) is 3. The maximum absolute atomic E-state index is 10.3. The molecule has 0 N–H and O–H groups in total. The van der Waals surface area contributed by atoms with Gasteiger partial charge in [0.25, 0.3) is 0 Å². The van der Waals surface area contributed by atoms with Gasteiger partial charge in [0.05, 0.1) is 0 Å². The van der Waals surface area contributed by atoms with Crippen molar-refractivity contribution < 1.29 is 4.79 Å². The van der Waals surface area contributed by atoms with Crippen LogP contribution in [0.5, 0.6) is 0 Å². The summed E-state index contributed by atoms with van der Waals surface area (Å²) in [6.07, 6.45) is 4.07. The van der Waals surface area contributed by atoms with E-state index in [2.05, 4.69) is 15.2 Å². The third-order valence-electron chi connectivity index (χ3n) is 1.45. The molecular formula is C8H5N3OS. The van der Waals surface area contributed by atoms with E-state index < -0.39 is 0 Å². The molecule has 4 nitrogen and oxygen atoms in total. The quantitative estimate of drug-likeness (QED) is 0.673. The normalized spacial score (nSPS) is 9.85. The predicted octanol–water partition coefficient (Wildman–Crippen LogP) is 1.41. The van der Waals surface area contributed by atoms with Crippen LogP contribution < -0.4 is 0 Å². The molecule has 0 fully saturated rings. The molecule has 5 heteroatoms. The molecule has 0 radical (unpaired) electrons. The van der Waals surface area contributed by atoms with E-state index in [1.54, 1.807) is 12.4 Å². The van der Waals surface area contributed by atoms with E-state index in [4.69, 9.17) is 0 Å². The molecule has 2 aromatic heterocycles. The zero-order valence-corrected chi connectivity index (χ0v) is 7.36. The van der Waals surface area contributed by atoms with Crippen LogP contribution in [0, 0.1) is 0 Å². The second-order valence-electron chi connectivity index (χ2n) is 2.31. The Bertz CT molecular complexity index is 412. The highest BCUT2D eigenvalue weighted by molar-refractivity contribution is 7.16. The second-order valence-corrected chi connectivity index (χ2v) is 3.31. The largest absolute Gasteiger partial charge is 0.295 e. The summed E-state index contributed by atoms with van der Waals surface area (Å²) < 4.78 is 0. The van der Waals surface area contributed by atoms with Crippen molar-refractivity contribution in [2.75, 3.05) is 0 Å². The van der Waals surface area contributed by atoms with Crippen LogP contribution in [-0.4, -0.2) is 21.5 Å². The lowest BCUT2D eigenvalue weighted by Gasteiger charge is -1.89. The minimum atomic E-state index is 0.388. The molecule has 2 heterocycles. The Morgan fingerprint density at radius 2 is 2.31 bits per heavy atom. The number of hydrogen-bond acceptors (Lipinski definition) is 5. The molecule has 0 aromatic carbocycles. The fraction of sp³-hybridized carbons (Fsp3) is 0. The zero-order valence-electron chi connectivity index (χ0n) is 6.54. The number of aldehydes is 1. The smallest absolute Gasteiger partial charge is 0.180 e. The molecule has 13 heavy (non-hydrogen) atoms. The average molecular weight is 191 g/mol. The van der Waals surface area contributed by atoms with E-state index in [1.165, 1.54) is 11.3 Å². The van der Waals surface area contributed by atoms with E-state index in [0.29, 0.717) is 11.3 Å². The first-order valence-electron chi connectivity index (χ1n) is 3.59. The second kappa shape index (κ2) is 3.40. The lowest BCUT2D eigenvalue weighted by Crippen LogP contribution is -1.77. The van der Waals surface area contributed by atoms with Gasteiger partial charge < -0.3 is 0 Å². The van der Waals surface area contributed by atoms with Gasteiger partial charge in [-0.15, -0.1) is 10.2 Å². The molecule has 0 unspecified atom stereocenters. The van der Waals surface area contributed by atoms with Gasteiger partial charge in [-0.1, -0.05) is 11.3 Å². The lowest BCUT2D eigenvalue weighted by atomic mass is 10.3. The fourth-order valence-corrected chi connectivity index (χ4v) is 1.54. The maximum Gasteiger partial charge on any atom is 0.180 e. The standard InChI is InChI=1S/C8H5N3OS/c12-5-7-10-11-8(13-7)6-2-1-3-9-4-6/h1-5H. The maximum atomic E-state index is 10.3. The highest BCUT2D eigenvalue weighted by Gasteiger charge is 2.04. The van der Waals surface area contributed by atoms with Crippen molar-refractivity contribution in [1.29, 1.82) is 0 Å². The zero-order chi connectivity index (χ0) is 9.10. The predicted molar refractivity (Wildman–Crippen MR) is 48.5 cm³/mol. The Morgan fingerprint density at radius 1 is 1.38 bits per heavy atom. The Hall–Kier alpha value is -1.62. The third kappa shape index (κ3) is 1.59. The van der Waals surface area contributed by atoms with Crippen LogP contribution in [0.3, 0.4) is 0 Å². The Morgan fingerprint density at radius 3 is 2.92 bits per heavy atom. The Labute approximate surface area is 78.3 Å².